The molecule has 0 saturated carbocycles. The van der Waals surface area contributed by atoms with E-state index in [9.17, 15) is 14.4 Å². The lowest BCUT2D eigenvalue weighted by molar-refractivity contribution is 0.102. The molecule has 3 aromatic rings. The predicted octanol–water partition coefficient (Wildman–Crippen LogP) is 3.15. The van der Waals surface area contributed by atoms with E-state index in [4.69, 9.17) is 0 Å². The third-order valence-electron chi connectivity index (χ3n) is 6.11. The van der Waals surface area contributed by atoms with Crippen LogP contribution in [0.25, 0.3) is 0 Å². The van der Waals surface area contributed by atoms with Crippen LogP contribution in [-0.2, 0) is 6.54 Å². The molecule has 0 aliphatic carbocycles. The number of nitrogens with one attached hydrogen (secondary N) is 2. The number of piperidine rings is 1. The Morgan fingerprint density at radius 1 is 0.906 bits per heavy atom. The van der Waals surface area contributed by atoms with E-state index in [0.29, 0.717) is 25.2 Å². The maximum Gasteiger partial charge on any atom is 0.321 e. The summed E-state index contributed by atoms with van der Waals surface area (Å²) in [5.41, 5.74) is 2.17. The molecule has 2 bridgehead atoms. The first-order valence-electron chi connectivity index (χ1n) is 10.6. The molecule has 1 fully saturated rings. The Morgan fingerprint density at radius 3 is 2.47 bits per heavy atom. The quantitative estimate of drug-likeness (QED) is 0.669. The minimum atomic E-state index is -0.343. The number of carbonyl (C=O) groups excluding carboxylic acids is 2. The number of hydrogen-bond acceptors (Lipinski definition) is 4. The van der Waals surface area contributed by atoms with Crippen LogP contribution in [0.4, 0.5) is 16.2 Å². The second-order valence-corrected chi connectivity index (χ2v) is 8.28. The van der Waals surface area contributed by atoms with Crippen LogP contribution in [0.1, 0.15) is 28.4 Å². The van der Waals surface area contributed by atoms with Crippen LogP contribution >= 0.6 is 0 Å². The first kappa shape index (κ1) is 20.0. The van der Waals surface area contributed by atoms with Gasteiger partial charge in [-0.1, -0.05) is 18.2 Å². The van der Waals surface area contributed by atoms with Gasteiger partial charge in [0.05, 0.1) is 0 Å². The van der Waals surface area contributed by atoms with Crippen molar-refractivity contribution >= 4 is 23.3 Å². The molecule has 2 aliphatic heterocycles. The van der Waals surface area contributed by atoms with Gasteiger partial charge in [0.2, 0.25) is 0 Å². The first-order valence-corrected chi connectivity index (χ1v) is 10.6. The Balaban J connectivity index is 1.34. The molecular formula is C24H23N5O3. The number of likely N-dealkylation sites (tertiary alicyclic amines) is 1. The van der Waals surface area contributed by atoms with E-state index in [0.717, 1.165) is 17.8 Å². The molecule has 1 saturated heterocycles. The number of para-hydroxylation sites is 1. The number of hydrogen-bond donors (Lipinski definition) is 2. The highest BCUT2D eigenvalue weighted by Gasteiger charge is 2.36. The summed E-state index contributed by atoms with van der Waals surface area (Å²) in [6.45, 7) is 1.67. The number of carbonyl (C=O) groups is 2. The van der Waals surface area contributed by atoms with Crippen molar-refractivity contribution in [2.75, 3.05) is 23.7 Å². The Bertz CT molecular complexity index is 1210. The predicted molar refractivity (Wildman–Crippen MR) is 121 cm³/mol. The molecule has 3 amide bonds. The summed E-state index contributed by atoms with van der Waals surface area (Å²) >= 11 is 0. The van der Waals surface area contributed by atoms with E-state index in [1.54, 1.807) is 22.8 Å². The zero-order valence-electron chi connectivity index (χ0n) is 17.4. The lowest BCUT2D eigenvalue weighted by atomic mass is 9.83. The number of urea groups is 1. The number of fused-ring (bicyclic) bond motifs is 4. The molecule has 2 aliphatic rings. The third kappa shape index (κ3) is 3.87. The van der Waals surface area contributed by atoms with Crippen molar-refractivity contribution in [3.63, 3.8) is 0 Å². The number of aromatic nitrogens is 2. The van der Waals surface area contributed by atoms with Crippen molar-refractivity contribution in [2.45, 2.75) is 18.9 Å². The maximum absolute atomic E-state index is 13.1. The number of anilines is 2. The number of amides is 3. The monoisotopic (exact) mass is 429 g/mol. The molecule has 4 heterocycles. The Kier molecular flexibility index (Phi) is 5.18. The summed E-state index contributed by atoms with van der Waals surface area (Å²) in [4.78, 5) is 44.1. The SMILES string of the molecule is O=C(Nc1ccc2n(c1=O)C[C@@H]1C[C@@H]2CN(C(=O)Nc2ccccc2)C1)c1ccncc1. The fourth-order valence-electron chi connectivity index (χ4n) is 4.63. The summed E-state index contributed by atoms with van der Waals surface area (Å²) in [6.07, 6.45) is 4.02. The van der Waals surface area contributed by atoms with E-state index in [-0.39, 0.29) is 35.0 Å². The van der Waals surface area contributed by atoms with Gasteiger partial charge in [-0.3, -0.25) is 14.6 Å². The Morgan fingerprint density at radius 2 is 1.69 bits per heavy atom. The minimum Gasteiger partial charge on any atom is -0.324 e. The summed E-state index contributed by atoms with van der Waals surface area (Å²) in [7, 11) is 0. The number of nitrogens with zero attached hydrogens (tertiary/aromatic N) is 3. The second kappa shape index (κ2) is 8.30. The van der Waals surface area contributed by atoms with Crippen LogP contribution in [-0.4, -0.2) is 39.5 Å². The van der Waals surface area contributed by atoms with Gasteiger partial charge in [0.15, 0.2) is 0 Å². The maximum atomic E-state index is 13.1. The van der Waals surface area contributed by atoms with Crippen LogP contribution in [0.15, 0.2) is 71.8 Å². The molecule has 1 aromatic carbocycles. The molecule has 8 nitrogen and oxygen atoms in total. The molecule has 162 valence electrons. The average Bonchev–Trinajstić information content (AvgIpc) is 2.82. The molecular weight excluding hydrogens is 406 g/mol. The van der Waals surface area contributed by atoms with Gasteiger partial charge in [-0.2, -0.15) is 0 Å². The lowest BCUT2D eigenvalue weighted by Crippen LogP contribution is -2.50. The van der Waals surface area contributed by atoms with E-state index < -0.39 is 0 Å². The van der Waals surface area contributed by atoms with Crippen LogP contribution in [0.2, 0.25) is 0 Å². The highest BCUT2D eigenvalue weighted by Crippen LogP contribution is 2.35. The lowest BCUT2D eigenvalue weighted by Gasteiger charge is -2.42. The van der Waals surface area contributed by atoms with Gasteiger partial charge in [-0.05, 0) is 48.7 Å². The average molecular weight is 429 g/mol. The van der Waals surface area contributed by atoms with Crippen molar-refractivity contribution in [2.24, 2.45) is 5.92 Å². The van der Waals surface area contributed by atoms with Crippen molar-refractivity contribution in [3.05, 3.63) is 88.6 Å². The van der Waals surface area contributed by atoms with Gasteiger partial charge in [-0.15, -0.1) is 0 Å². The number of rotatable bonds is 3. The van der Waals surface area contributed by atoms with Crippen LogP contribution in [0.3, 0.4) is 0 Å². The highest BCUT2D eigenvalue weighted by molar-refractivity contribution is 6.04. The molecule has 2 aromatic heterocycles. The normalized spacial score (nSPS) is 19.1. The van der Waals surface area contributed by atoms with E-state index in [1.165, 1.54) is 12.4 Å². The van der Waals surface area contributed by atoms with Gasteiger partial charge in [-0.25, -0.2) is 4.79 Å². The van der Waals surface area contributed by atoms with E-state index in [1.807, 2.05) is 41.3 Å². The van der Waals surface area contributed by atoms with Gasteiger partial charge >= 0.3 is 6.03 Å². The van der Waals surface area contributed by atoms with Crippen molar-refractivity contribution in [1.29, 1.82) is 0 Å². The first-order chi connectivity index (χ1) is 15.6. The van der Waals surface area contributed by atoms with Crippen LogP contribution < -0.4 is 16.2 Å². The standard InChI is InChI=1S/C24H23N5O3/c30-22(17-8-10-25-11-9-17)27-20-6-7-21-18-12-16(14-29(21)23(20)31)13-28(15-18)24(32)26-19-4-2-1-3-5-19/h1-11,16,18H,12-15H2,(H,26,32)(H,27,30)/t16-,18-/m1/s1. The van der Waals surface area contributed by atoms with Gasteiger partial charge in [0, 0.05) is 54.9 Å². The largest absolute Gasteiger partial charge is 0.324 e. The van der Waals surface area contributed by atoms with Crippen LogP contribution in [0, 0.1) is 5.92 Å². The smallest absolute Gasteiger partial charge is 0.321 e. The fourth-order valence-corrected chi connectivity index (χ4v) is 4.63. The summed E-state index contributed by atoms with van der Waals surface area (Å²) in [5.74, 6) is -0.0712. The molecule has 8 heteroatoms. The fraction of sp³-hybridized carbons (Fsp3) is 0.250. The molecule has 5 rings (SSSR count). The van der Waals surface area contributed by atoms with Gasteiger partial charge in [0.1, 0.15) is 5.69 Å². The molecule has 32 heavy (non-hydrogen) atoms. The van der Waals surface area contributed by atoms with Crippen molar-refractivity contribution < 1.29 is 9.59 Å². The van der Waals surface area contributed by atoms with Crippen molar-refractivity contribution in [3.8, 4) is 0 Å². The number of pyridine rings is 2. The molecule has 2 atom stereocenters. The summed E-state index contributed by atoms with van der Waals surface area (Å²) < 4.78 is 1.76. The zero-order chi connectivity index (χ0) is 22.1. The van der Waals surface area contributed by atoms with Gasteiger partial charge in [0.25, 0.3) is 11.5 Å². The number of benzene rings is 1. The third-order valence-corrected chi connectivity index (χ3v) is 6.11. The topological polar surface area (TPSA) is 96.3 Å². The molecule has 2 N–H and O–H groups in total. The molecule has 0 spiro atoms. The summed E-state index contributed by atoms with van der Waals surface area (Å²) in [5, 5.41) is 5.67. The zero-order valence-corrected chi connectivity index (χ0v) is 17.4. The minimum absolute atomic E-state index is 0.0849. The Hall–Kier alpha value is -3.94. The van der Waals surface area contributed by atoms with Crippen molar-refractivity contribution in [1.82, 2.24) is 14.5 Å². The second-order valence-electron chi connectivity index (χ2n) is 8.28. The van der Waals surface area contributed by atoms with E-state index >= 15 is 0 Å². The highest BCUT2D eigenvalue weighted by atomic mass is 16.2. The van der Waals surface area contributed by atoms with Gasteiger partial charge < -0.3 is 20.1 Å². The molecule has 0 radical (unpaired) electrons. The van der Waals surface area contributed by atoms with E-state index in [2.05, 4.69) is 15.6 Å². The molecule has 0 unspecified atom stereocenters. The Labute approximate surface area is 184 Å². The van der Waals surface area contributed by atoms with Crippen LogP contribution in [0.5, 0.6) is 0 Å². The summed E-state index contributed by atoms with van der Waals surface area (Å²) in [6, 6.07) is 16.0.